The molecule has 1 aliphatic rings. The summed E-state index contributed by atoms with van der Waals surface area (Å²) < 4.78 is 0. The van der Waals surface area contributed by atoms with Gasteiger partial charge in [-0.15, -0.1) is 0 Å². The standard InChI is InChI=1S/C16H25N/c1-12-8-13(2)10-15(9-12)16(17-3)11-14-6-4-5-7-14/h8-10,14,16-17H,4-7,11H2,1-3H3. The molecule has 1 unspecified atom stereocenters. The molecular weight excluding hydrogens is 206 g/mol. The summed E-state index contributed by atoms with van der Waals surface area (Å²) >= 11 is 0. The van der Waals surface area contributed by atoms with Crippen molar-refractivity contribution in [3.8, 4) is 0 Å². The van der Waals surface area contributed by atoms with Gasteiger partial charge in [-0.25, -0.2) is 0 Å². The molecule has 1 nitrogen and oxygen atoms in total. The summed E-state index contributed by atoms with van der Waals surface area (Å²) in [6.07, 6.45) is 7.05. The Balaban J connectivity index is 2.10. The minimum atomic E-state index is 0.539. The van der Waals surface area contributed by atoms with E-state index in [2.05, 4.69) is 44.4 Å². The van der Waals surface area contributed by atoms with Crippen LogP contribution in [-0.4, -0.2) is 7.05 Å². The van der Waals surface area contributed by atoms with E-state index in [9.17, 15) is 0 Å². The highest BCUT2D eigenvalue weighted by Crippen LogP contribution is 2.33. The summed E-state index contributed by atoms with van der Waals surface area (Å²) in [7, 11) is 2.09. The second-order valence-electron chi connectivity index (χ2n) is 5.65. The topological polar surface area (TPSA) is 12.0 Å². The van der Waals surface area contributed by atoms with Crippen LogP contribution in [0.1, 0.15) is 54.8 Å². The lowest BCUT2D eigenvalue weighted by atomic mass is 9.92. The smallest absolute Gasteiger partial charge is 0.0320 e. The van der Waals surface area contributed by atoms with E-state index in [1.54, 1.807) is 0 Å². The van der Waals surface area contributed by atoms with E-state index in [1.807, 2.05) is 0 Å². The van der Waals surface area contributed by atoms with Crippen molar-refractivity contribution in [3.05, 3.63) is 34.9 Å². The van der Waals surface area contributed by atoms with Crippen LogP contribution in [0.25, 0.3) is 0 Å². The van der Waals surface area contributed by atoms with Crippen molar-refractivity contribution < 1.29 is 0 Å². The predicted molar refractivity (Wildman–Crippen MR) is 74.3 cm³/mol. The van der Waals surface area contributed by atoms with Gasteiger partial charge in [0, 0.05) is 6.04 Å². The van der Waals surface area contributed by atoms with Crippen LogP contribution in [0, 0.1) is 19.8 Å². The van der Waals surface area contributed by atoms with E-state index < -0.39 is 0 Å². The molecule has 0 amide bonds. The van der Waals surface area contributed by atoms with Gasteiger partial charge in [-0.3, -0.25) is 0 Å². The maximum atomic E-state index is 3.50. The molecule has 1 aromatic rings. The fraction of sp³-hybridized carbons (Fsp3) is 0.625. The van der Waals surface area contributed by atoms with Crippen molar-refractivity contribution >= 4 is 0 Å². The fourth-order valence-electron chi connectivity index (χ4n) is 3.21. The molecule has 94 valence electrons. The van der Waals surface area contributed by atoms with Gasteiger partial charge in [0.05, 0.1) is 0 Å². The summed E-state index contributed by atoms with van der Waals surface area (Å²) in [6.45, 7) is 4.39. The quantitative estimate of drug-likeness (QED) is 0.821. The average molecular weight is 231 g/mol. The first-order chi connectivity index (χ1) is 8.19. The third-order valence-corrected chi connectivity index (χ3v) is 4.04. The first-order valence-corrected chi connectivity index (χ1v) is 6.94. The zero-order valence-corrected chi connectivity index (χ0v) is 11.4. The van der Waals surface area contributed by atoms with Crippen LogP contribution in [0.2, 0.25) is 0 Å². The van der Waals surface area contributed by atoms with Crippen molar-refractivity contribution in [3.63, 3.8) is 0 Å². The van der Waals surface area contributed by atoms with Gasteiger partial charge in [-0.05, 0) is 38.8 Å². The molecule has 1 aliphatic carbocycles. The van der Waals surface area contributed by atoms with Gasteiger partial charge < -0.3 is 5.32 Å². The molecule has 0 spiro atoms. The van der Waals surface area contributed by atoms with Gasteiger partial charge in [-0.2, -0.15) is 0 Å². The maximum absolute atomic E-state index is 3.50. The Labute approximate surface area is 106 Å². The highest BCUT2D eigenvalue weighted by atomic mass is 14.9. The number of hydrogen-bond acceptors (Lipinski definition) is 1. The lowest BCUT2D eigenvalue weighted by Gasteiger charge is -2.21. The van der Waals surface area contributed by atoms with E-state index in [0.717, 1.165) is 5.92 Å². The maximum Gasteiger partial charge on any atom is 0.0320 e. The molecule has 1 fully saturated rings. The Morgan fingerprint density at radius 2 is 1.71 bits per heavy atom. The average Bonchev–Trinajstić information content (AvgIpc) is 2.77. The first kappa shape index (κ1) is 12.6. The monoisotopic (exact) mass is 231 g/mol. The normalized spacial score (nSPS) is 18.5. The predicted octanol–water partition coefficient (Wildman–Crippen LogP) is 4.14. The molecular formula is C16H25N. The Bertz CT molecular complexity index is 344. The third kappa shape index (κ3) is 3.32. The van der Waals surface area contributed by atoms with Gasteiger partial charge in [0.1, 0.15) is 0 Å². The molecule has 0 heterocycles. The minimum absolute atomic E-state index is 0.539. The molecule has 1 aromatic carbocycles. The van der Waals surface area contributed by atoms with Crippen molar-refractivity contribution in [2.24, 2.45) is 5.92 Å². The van der Waals surface area contributed by atoms with E-state index in [1.165, 1.54) is 48.8 Å². The van der Waals surface area contributed by atoms with Crippen molar-refractivity contribution in [2.45, 2.75) is 52.0 Å². The molecule has 2 rings (SSSR count). The molecule has 1 N–H and O–H groups in total. The highest BCUT2D eigenvalue weighted by Gasteiger charge is 2.20. The van der Waals surface area contributed by atoms with E-state index in [4.69, 9.17) is 0 Å². The van der Waals surface area contributed by atoms with Crippen LogP contribution in [0.15, 0.2) is 18.2 Å². The van der Waals surface area contributed by atoms with Gasteiger partial charge >= 0.3 is 0 Å². The molecule has 0 aliphatic heterocycles. The number of aryl methyl sites for hydroxylation is 2. The van der Waals surface area contributed by atoms with Crippen LogP contribution in [-0.2, 0) is 0 Å². The lowest BCUT2D eigenvalue weighted by molar-refractivity contribution is 0.413. The van der Waals surface area contributed by atoms with Gasteiger partial charge in [-0.1, -0.05) is 55.0 Å². The number of benzene rings is 1. The summed E-state index contributed by atoms with van der Waals surface area (Å²) in [5, 5.41) is 3.50. The molecule has 0 bridgehead atoms. The summed E-state index contributed by atoms with van der Waals surface area (Å²) in [4.78, 5) is 0. The summed E-state index contributed by atoms with van der Waals surface area (Å²) in [5.41, 5.74) is 4.23. The highest BCUT2D eigenvalue weighted by molar-refractivity contribution is 5.30. The first-order valence-electron chi connectivity index (χ1n) is 6.94. The van der Waals surface area contributed by atoms with E-state index in [0.29, 0.717) is 6.04 Å². The number of hydrogen-bond donors (Lipinski definition) is 1. The van der Waals surface area contributed by atoms with E-state index >= 15 is 0 Å². The summed E-state index contributed by atoms with van der Waals surface area (Å²) in [6, 6.07) is 7.47. The van der Waals surface area contributed by atoms with Crippen LogP contribution in [0.3, 0.4) is 0 Å². The summed E-state index contributed by atoms with van der Waals surface area (Å²) in [5.74, 6) is 0.938. The fourth-order valence-corrected chi connectivity index (χ4v) is 3.21. The van der Waals surface area contributed by atoms with Gasteiger partial charge in [0.2, 0.25) is 0 Å². The Morgan fingerprint density at radius 3 is 2.24 bits per heavy atom. The lowest BCUT2D eigenvalue weighted by Crippen LogP contribution is -2.19. The molecule has 0 radical (unpaired) electrons. The number of rotatable bonds is 4. The zero-order chi connectivity index (χ0) is 12.3. The second-order valence-corrected chi connectivity index (χ2v) is 5.65. The third-order valence-electron chi connectivity index (χ3n) is 4.04. The molecule has 1 saturated carbocycles. The van der Waals surface area contributed by atoms with Crippen molar-refractivity contribution in [1.29, 1.82) is 0 Å². The minimum Gasteiger partial charge on any atom is -0.313 e. The van der Waals surface area contributed by atoms with Crippen molar-refractivity contribution in [2.75, 3.05) is 7.05 Å². The van der Waals surface area contributed by atoms with Gasteiger partial charge in [0.15, 0.2) is 0 Å². The molecule has 1 atom stereocenters. The second kappa shape index (κ2) is 5.68. The van der Waals surface area contributed by atoms with E-state index in [-0.39, 0.29) is 0 Å². The Kier molecular flexibility index (Phi) is 4.22. The molecule has 17 heavy (non-hydrogen) atoms. The zero-order valence-electron chi connectivity index (χ0n) is 11.4. The molecule has 0 saturated heterocycles. The largest absolute Gasteiger partial charge is 0.313 e. The van der Waals surface area contributed by atoms with Crippen LogP contribution >= 0.6 is 0 Å². The Morgan fingerprint density at radius 1 is 1.12 bits per heavy atom. The van der Waals surface area contributed by atoms with Crippen LogP contribution < -0.4 is 5.32 Å². The number of nitrogens with one attached hydrogen (secondary N) is 1. The molecule has 1 heteroatoms. The SMILES string of the molecule is CNC(CC1CCCC1)c1cc(C)cc(C)c1. The molecule has 0 aromatic heterocycles. The Hall–Kier alpha value is -0.820. The van der Waals surface area contributed by atoms with Crippen LogP contribution in [0.5, 0.6) is 0 Å². The van der Waals surface area contributed by atoms with Crippen molar-refractivity contribution in [1.82, 2.24) is 5.32 Å². The van der Waals surface area contributed by atoms with Crippen LogP contribution in [0.4, 0.5) is 0 Å². The van der Waals surface area contributed by atoms with Gasteiger partial charge in [0.25, 0.3) is 0 Å².